The Labute approximate surface area is 128 Å². The second-order valence-electron chi connectivity index (χ2n) is 6.66. The number of nitrogens with zero attached hydrogens (tertiary/aromatic N) is 1. The summed E-state index contributed by atoms with van der Waals surface area (Å²) >= 11 is 0. The highest BCUT2D eigenvalue weighted by atomic mass is 16.6. The third-order valence-electron chi connectivity index (χ3n) is 3.54. The molecule has 1 amide bonds. The first-order chi connectivity index (χ1) is 9.89. The van der Waals surface area contributed by atoms with E-state index in [1.54, 1.807) is 7.11 Å². The fourth-order valence-corrected chi connectivity index (χ4v) is 2.56. The lowest BCUT2D eigenvalue weighted by molar-refractivity contribution is -0.00666. The van der Waals surface area contributed by atoms with Gasteiger partial charge in [0.05, 0.1) is 25.3 Å². The van der Waals surface area contributed by atoms with E-state index in [2.05, 4.69) is 6.92 Å². The van der Waals surface area contributed by atoms with Crippen molar-refractivity contribution in [1.29, 1.82) is 0 Å². The molecule has 0 aliphatic carbocycles. The van der Waals surface area contributed by atoms with Crippen LogP contribution in [0.1, 0.15) is 53.4 Å². The molecule has 0 aromatic heterocycles. The van der Waals surface area contributed by atoms with Crippen LogP contribution in [0.5, 0.6) is 0 Å². The number of methoxy groups -OCH3 is 1. The minimum atomic E-state index is -0.481. The van der Waals surface area contributed by atoms with E-state index in [9.17, 15) is 4.79 Å². The molecule has 124 valence electrons. The van der Waals surface area contributed by atoms with Crippen LogP contribution in [0.25, 0.3) is 0 Å². The van der Waals surface area contributed by atoms with Crippen molar-refractivity contribution in [3.05, 3.63) is 0 Å². The Hall–Kier alpha value is -0.810. The van der Waals surface area contributed by atoms with E-state index in [0.717, 1.165) is 32.3 Å². The van der Waals surface area contributed by atoms with Crippen LogP contribution in [-0.4, -0.2) is 55.6 Å². The quantitative estimate of drug-likeness (QED) is 0.677. The Morgan fingerprint density at radius 3 is 2.33 bits per heavy atom. The molecule has 1 aliphatic heterocycles. The lowest BCUT2D eigenvalue weighted by Crippen LogP contribution is -2.47. The van der Waals surface area contributed by atoms with Gasteiger partial charge in [-0.3, -0.25) is 4.90 Å². The molecule has 2 atom stereocenters. The van der Waals surface area contributed by atoms with Gasteiger partial charge in [-0.1, -0.05) is 13.3 Å². The van der Waals surface area contributed by atoms with Crippen LogP contribution >= 0.6 is 0 Å². The van der Waals surface area contributed by atoms with E-state index in [0.29, 0.717) is 13.2 Å². The van der Waals surface area contributed by atoms with Gasteiger partial charge in [0.15, 0.2) is 0 Å². The molecule has 21 heavy (non-hydrogen) atoms. The Balaban J connectivity index is 2.61. The molecule has 1 fully saturated rings. The maximum absolute atomic E-state index is 12.4. The number of hydrogen-bond donors (Lipinski definition) is 0. The summed E-state index contributed by atoms with van der Waals surface area (Å²) in [5.74, 6) is 0. The molecule has 0 bridgehead atoms. The highest BCUT2D eigenvalue weighted by Gasteiger charge is 2.39. The largest absolute Gasteiger partial charge is 0.444 e. The number of ether oxygens (including phenoxy) is 3. The van der Waals surface area contributed by atoms with Crippen LogP contribution in [-0.2, 0) is 14.2 Å². The predicted molar refractivity (Wildman–Crippen MR) is 82.5 cm³/mol. The van der Waals surface area contributed by atoms with Gasteiger partial charge >= 0.3 is 6.09 Å². The molecular formula is C16H31NO4. The van der Waals surface area contributed by atoms with E-state index in [4.69, 9.17) is 14.2 Å². The summed E-state index contributed by atoms with van der Waals surface area (Å²) in [5, 5.41) is 0. The topological polar surface area (TPSA) is 48.0 Å². The highest BCUT2D eigenvalue weighted by Crippen LogP contribution is 2.27. The SMILES string of the molecule is CCCCOC[C@@H]1CC[C@H](COC)N1C(=O)OC(C)(C)C. The van der Waals surface area contributed by atoms with Gasteiger partial charge in [-0.05, 0) is 40.0 Å². The fourth-order valence-electron chi connectivity index (χ4n) is 2.56. The van der Waals surface area contributed by atoms with Crippen LogP contribution in [0, 0.1) is 0 Å². The van der Waals surface area contributed by atoms with Gasteiger partial charge in [0.25, 0.3) is 0 Å². The molecule has 0 unspecified atom stereocenters. The van der Waals surface area contributed by atoms with Crippen molar-refractivity contribution in [2.75, 3.05) is 26.9 Å². The average molecular weight is 301 g/mol. The molecule has 0 saturated carbocycles. The van der Waals surface area contributed by atoms with Gasteiger partial charge in [-0.15, -0.1) is 0 Å². The molecule has 0 spiro atoms. The summed E-state index contributed by atoms with van der Waals surface area (Å²) in [5.41, 5.74) is -0.481. The van der Waals surface area contributed by atoms with Gasteiger partial charge in [0, 0.05) is 13.7 Å². The third kappa shape index (κ3) is 6.22. The zero-order valence-corrected chi connectivity index (χ0v) is 14.2. The van der Waals surface area contributed by atoms with Crippen LogP contribution in [0.3, 0.4) is 0 Å². The smallest absolute Gasteiger partial charge is 0.410 e. The number of carbonyl (C=O) groups excluding carboxylic acids is 1. The van der Waals surface area contributed by atoms with Crippen molar-refractivity contribution in [2.24, 2.45) is 0 Å². The maximum atomic E-state index is 12.4. The molecule has 0 aromatic rings. The highest BCUT2D eigenvalue weighted by molar-refractivity contribution is 5.69. The first-order valence-corrected chi connectivity index (χ1v) is 7.97. The minimum Gasteiger partial charge on any atom is -0.444 e. The maximum Gasteiger partial charge on any atom is 0.410 e. The number of carbonyl (C=O) groups is 1. The van der Waals surface area contributed by atoms with E-state index in [1.165, 1.54) is 0 Å². The summed E-state index contributed by atoms with van der Waals surface area (Å²) in [6, 6.07) is 0.182. The number of rotatable bonds is 7. The molecule has 1 rings (SSSR count). The van der Waals surface area contributed by atoms with E-state index in [-0.39, 0.29) is 18.2 Å². The third-order valence-corrected chi connectivity index (χ3v) is 3.54. The van der Waals surface area contributed by atoms with Crippen molar-refractivity contribution in [2.45, 2.75) is 71.1 Å². The molecule has 1 saturated heterocycles. The summed E-state index contributed by atoms with van der Waals surface area (Å²) < 4.78 is 16.5. The Morgan fingerprint density at radius 1 is 1.19 bits per heavy atom. The molecule has 0 radical (unpaired) electrons. The van der Waals surface area contributed by atoms with Gasteiger partial charge < -0.3 is 14.2 Å². The van der Waals surface area contributed by atoms with Crippen molar-refractivity contribution in [3.8, 4) is 0 Å². The van der Waals surface area contributed by atoms with Crippen LogP contribution in [0.4, 0.5) is 4.79 Å². The minimum absolute atomic E-state index is 0.0876. The van der Waals surface area contributed by atoms with Crippen molar-refractivity contribution in [1.82, 2.24) is 4.90 Å². The van der Waals surface area contributed by atoms with Crippen LogP contribution in [0.15, 0.2) is 0 Å². The van der Waals surface area contributed by atoms with Crippen molar-refractivity contribution < 1.29 is 19.0 Å². The summed E-state index contributed by atoms with van der Waals surface area (Å²) in [4.78, 5) is 14.3. The van der Waals surface area contributed by atoms with Gasteiger partial charge in [0.1, 0.15) is 5.60 Å². The second kappa shape index (κ2) is 8.59. The zero-order chi connectivity index (χ0) is 15.9. The monoisotopic (exact) mass is 301 g/mol. The summed E-state index contributed by atoms with van der Waals surface area (Å²) in [6.45, 7) is 9.69. The standard InChI is InChI=1S/C16H31NO4/c1-6-7-10-20-12-14-9-8-13(11-19-5)17(14)15(18)21-16(2,3)4/h13-14H,6-12H2,1-5H3/t13-,14+/m1/s1. The van der Waals surface area contributed by atoms with E-state index >= 15 is 0 Å². The summed E-state index contributed by atoms with van der Waals surface area (Å²) in [6.07, 6.45) is 3.80. The van der Waals surface area contributed by atoms with Gasteiger partial charge in [-0.25, -0.2) is 4.79 Å². The summed E-state index contributed by atoms with van der Waals surface area (Å²) in [7, 11) is 1.67. The number of amides is 1. The first-order valence-electron chi connectivity index (χ1n) is 7.97. The van der Waals surface area contributed by atoms with Gasteiger partial charge in [-0.2, -0.15) is 0 Å². The Morgan fingerprint density at radius 2 is 1.81 bits per heavy atom. The van der Waals surface area contributed by atoms with E-state index in [1.807, 2.05) is 25.7 Å². The first kappa shape index (κ1) is 18.2. The molecular weight excluding hydrogens is 270 g/mol. The second-order valence-corrected chi connectivity index (χ2v) is 6.66. The lowest BCUT2D eigenvalue weighted by Gasteiger charge is -2.32. The normalized spacial score (nSPS) is 22.6. The number of likely N-dealkylation sites (tertiary alicyclic amines) is 1. The van der Waals surface area contributed by atoms with Crippen molar-refractivity contribution >= 4 is 6.09 Å². The van der Waals surface area contributed by atoms with Crippen LogP contribution in [0.2, 0.25) is 0 Å². The number of unbranched alkanes of at least 4 members (excludes halogenated alkanes) is 1. The molecule has 0 aromatic carbocycles. The Kier molecular flexibility index (Phi) is 7.46. The van der Waals surface area contributed by atoms with E-state index < -0.39 is 5.60 Å². The zero-order valence-electron chi connectivity index (χ0n) is 14.2. The molecule has 5 nitrogen and oxygen atoms in total. The Bertz CT molecular complexity index is 314. The van der Waals surface area contributed by atoms with Crippen molar-refractivity contribution in [3.63, 3.8) is 0 Å². The van der Waals surface area contributed by atoms with Gasteiger partial charge in [0.2, 0.25) is 0 Å². The fraction of sp³-hybridized carbons (Fsp3) is 0.938. The molecule has 1 aliphatic rings. The molecule has 0 N–H and O–H groups in total. The lowest BCUT2D eigenvalue weighted by atomic mass is 10.2. The average Bonchev–Trinajstić information content (AvgIpc) is 2.76. The molecule has 5 heteroatoms. The predicted octanol–water partition coefficient (Wildman–Crippen LogP) is 3.22. The molecule has 1 heterocycles. The van der Waals surface area contributed by atoms with Crippen LogP contribution < -0.4 is 0 Å². The number of hydrogen-bond acceptors (Lipinski definition) is 4.